The highest BCUT2D eigenvalue weighted by Crippen LogP contribution is 2.42. The Hall–Kier alpha value is -2.03. The van der Waals surface area contributed by atoms with Gasteiger partial charge in [0, 0.05) is 19.0 Å². The average Bonchev–Trinajstić information content (AvgIpc) is 3.18. The predicted molar refractivity (Wildman–Crippen MR) is 71.3 cm³/mol. The molecule has 1 aromatic rings. The summed E-state index contributed by atoms with van der Waals surface area (Å²) in [5, 5.41) is 15.8. The third-order valence-electron chi connectivity index (χ3n) is 3.41. The average molecular weight is 261 g/mol. The van der Waals surface area contributed by atoms with E-state index in [9.17, 15) is 4.79 Å². The molecule has 1 unspecified atom stereocenters. The molecular weight excluding hydrogens is 242 g/mol. The van der Waals surface area contributed by atoms with E-state index in [4.69, 9.17) is 11.0 Å². The van der Waals surface area contributed by atoms with E-state index in [1.54, 1.807) is 11.8 Å². The minimum absolute atomic E-state index is 0.202. The lowest BCUT2D eigenvalue weighted by molar-refractivity contribution is 0.0748. The minimum atomic E-state index is -0.203. The molecule has 0 saturated heterocycles. The fourth-order valence-electron chi connectivity index (χ4n) is 2.09. The van der Waals surface area contributed by atoms with Gasteiger partial charge in [-0.05, 0) is 26.7 Å². The third-order valence-corrected chi connectivity index (χ3v) is 3.41. The van der Waals surface area contributed by atoms with Crippen LogP contribution in [-0.2, 0) is 0 Å². The normalized spacial score (nSPS) is 15.8. The first-order chi connectivity index (χ1) is 9.08. The summed E-state index contributed by atoms with van der Waals surface area (Å²) in [6.07, 6.45) is 2.20. The summed E-state index contributed by atoms with van der Waals surface area (Å²) in [7, 11) is 0. The van der Waals surface area contributed by atoms with Crippen molar-refractivity contribution in [3.63, 3.8) is 0 Å². The Morgan fingerprint density at radius 3 is 2.89 bits per heavy atom. The Kier molecular flexibility index (Phi) is 3.74. The molecule has 1 fully saturated rings. The Labute approximate surface area is 112 Å². The van der Waals surface area contributed by atoms with Gasteiger partial charge in [0.25, 0.3) is 5.91 Å². The van der Waals surface area contributed by atoms with E-state index in [1.807, 2.05) is 6.92 Å². The maximum absolute atomic E-state index is 12.4. The van der Waals surface area contributed by atoms with Gasteiger partial charge in [0.2, 0.25) is 0 Å². The second kappa shape index (κ2) is 5.31. The Morgan fingerprint density at radius 1 is 1.68 bits per heavy atom. The molecule has 102 valence electrons. The van der Waals surface area contributed by atoms with E-state index in [-0.39, 0.29) is 17.5 Å². The smallest absolute Gasteiger partial charge is 0.276 e. The Bertz CT molecular complexity index is 512. The molecule has 0 aliphatic heterocycles. The number of amides is 1. The van der Waals surface area contributed by atoms with Crippen LogP contribution in [0.4, 0.5) is 5.69 Å². The van der Waals surface area contributed by atoms with Crippen LogP contribution in [0.2, 0.25) is 0 Å². The van der Waals surface area contributed by atoms with Gasteiger partial charge in [-0.25, -0.2) is 0 Å². The fourth-order valence-corrected chi connectivity index (χ4v) is 2.09. The van der Waals surface area contributed by atoms with Gasteiger partial charge in [-0.15, -0.1) is 0 Å². The SMILES string of the molecule is CCN(CC(C)C#N)C(=O)c1n[nH]c(C2CC2)c1N. The number of carbonyl (C=O) groups excluding carboxylic acids is 1. The number of nitriles is 1. The zero-order valence-corrected chi connectivity index (χ0v) is 11.3. The summed E-state index contributed by atoms with van der Waals surface area (Å²) >= 11 is 0. The third kappa shape index (κ3) is 2.70. The van der Waals surface area contributed by atoms with Crippen molar-refractivity contribution >= 4 is 11.6 Å². The van der Waals surface area contributed by atoms with E-state index in [0.717, 1.165) is 18.5 Å². The number of H-pyrrole nitrogens is 1. The van der Waals surface area contributed by atoms with Gasteiger partial charge >= 0.3 is 0 Å². The van der Waals surface area contributed by atoms with Crippen LogP contribution in [0.5, 0.6) is 0 Å². The highest BCUT2D eigenvalue weighted by Gasteiger charge is 2.31. The Balaban J connectivity index is 2.15. The second-order valence-electron chi connectivity index (χ2n) is 5.05. The van der Waals surface area contributed by atoms with E-state index in [2.05, 4.69) is 16.3 Å². The monoisotopic (exact) mass is 261 g/mol. The molecule has 1 saturated carbocycles. The van der Waals surface area contributed by atoms with E-state index < -0.39 is 0 Å². The molecule has 1 aromatic heterocycles. The molecule has 0 spiro atoms. The number of nitrogens with zero attached hydrogens (tertiary/aromatic N) is 3. The van der Waals surface area contributed by atoms with Gasteiger partial charge in [-0.1, -0.05) is 0 Å². The molecule has 1 aliphatic carbocycles. The standard InChI is InChI=1S/C13H19N5O/c1-3-18(7-8(2)6-14)13(19)12-10(15)11(16-17-12)9-4-5-9/h8-9H,3-5,7,15H2,1-2H3,(H,16,17). The van der Waals surface area contributed by atoms with Crippen molar-refractivity contribution in [2.24, 2.45) is 5.92 Å². The quantitative estimate of drug-likeness (QED) is 0.838. The maximum atomic E-state index is 12.4. The van der Waals surface area contributed by atoms with E-state index in [1.165, 1.54) is 0 Å². The zero-order chi connectivity index (χ0) is 14.0. The van der Waals surface area contributed by atoms with Gasteiger partial charge in [0.05, 0.1) is 23.4 Å². The van der Waals surface area contributed by atoms with Crippen molar-refractivity contribution in [2.45, 2.75) is 32.6 Å². The number of aromatic nitrogens is 2. The van der Waals surface area contributed by atoms with Gasteiger partial charge in [-0.3, -0.25) is 9.89 Å². The lowest BCUT2D eigenvalue weighted by Crippen LogP contribution is -2.35. The van der Waals surface area contributed by atoms with Gasteiger partial charge in [0.1, 0.15) is 0 Å². The number of nitrogens with two attached hydrogens (primary N) is 1. The van der Waals surface area contributed by atoms with Crippen LogP contribution < -0.4 is 5.73 Å². The molecule has 0 radical (unpaired) electrons. The van der Waals surface area contributed by atoms with Crippen LogP contribution in [0.3, 0.4) is 0 Å². The molecule has 2 rings (SSSR count). The lowest BCUT2D eigenvalue weighted by Gasteiger charge is -2.21. The van der Waals surface area contributed by atoms with Crippen LogP contribution in [0, 0.1) is 17.2 Å². The first-order valence-electron chi connectivity index (χ1n) is 6.61. The molecule has 1 aliphatic rings. The molecule has 6 heteroatoms. The van der Waals surface area contributed by atoms with E-state index >= 15 is 0 Å². The number of anilines is 1. The number of nitrogens with one attached hydrogen (secondary N) is 1. The summed E-state index contributed by atoms with van der Waals surface area (Å²) in [5.41, 5.74) is 7.63. The molecule has 0 bridgehead atoms. The summed E-state index contributed by atoms with van der Waals surface area (Å²) in [4.78, 5) is 14.0. The summed E-state index contributed by atoms with van der Waals surface area (Å²) in [6, 6.07) is 2.13. The minimum Gasteiger partial charge on any atom is -0.395 e. The first kappa shape index (κ1) is 13.4. The molecule has 1 atom stereocenters. The highest BCUT2D eigenvalue weighted by molar-refractivity contribution is 5.97. The molecule has 0 aromatic carbocycles. The van der Waals surface area contributed by atoms with Crippen molar-refractivity contribution in [1.82, 2.24) is 15.1 Å². The largest absolute Gasteiger partial charge is 0.395 e. The summed E-state index contributed by atoms with van der Waals surface area (Å²) < 4.78 is 0. The van der Waals surface area contributed by atoms with Gasteiger partial charge in [0.15, 0.2) is 5.69 Å². The zero-order valence-electron chi connectivity index (χ0n) is 11.3. The summed E-state index contributed by atoms with van der Waals surface area (Å²) in [5.74, 6) is 0.0272. The molecule has 1 heterocycles. The van der Waals surface area contributed by atoms with Crippen LogP contribution in [0.25, 0.3) is 0 Å². The fraction of sp³-hybridized carbons (Fsp3) is 0.615. The van der Waals surface area contributed by atoms with Crippen molar-refractivity contribution < 1.29 is 4.79 Å². The Morgan fingerprint density at radius 2 is 2.37 bits per heavy atom. The van der Waals surface area contributed by atoms with Crippen LogP contribution in [-0.4, -0.2) is 34.1 Å². The maximum Gasteiger partial charge on any atom is 0.276 e. The number of hydrogen-bond acceptors (Lipinski definition) is 4. The van der Waals surface area contributed by atoms with Gasteiger partial charge < -0.3 is 10.6 Å². The number of aromatic amines is 1. The number of carbonyl (C=O) groups is 1. The number of nitrogen functional groups attached to an aromatic ring is 1. The molecule has 3 N–H and O–H groups in total. The second-order valence-corrected chi connectivity index (χ2v) is 5.05. The number of hydrogen-bond donors (Lipinski definition) is 2. The van der Waals surface area contributed by atoms with E-state index in [0.29, 0.717) is 24.7 Å². The highest BCUT2D eigenvalue weighted by atomic mass is 16.2. The van der Waals surface area contributed by atoms with Crippen molar-refractivity contribution in [3.05, 3.63) is 11.4 Å². The van der Waals surface area contributed by atoms with Crippen LogP contribution in [0.1, 0.15) is 48.8 Å². The van der Waals surface area contributed by atoms with Crippen LogP contribution in [0.15, 0.2) is 0 Å². The van der Waals surface area contributed by atoms with Gasteiger partial charge in [-0.2, -0.15) is 10.4 Å². The van der Waals surface area contributed by atoms with Crippen LogP contribution >= 0.6 is 0 Å². The van der Waals surface area contributed by atoms with Crippen molar-refractivity contribution in [2.75, 3.05) is 18.8 Å². The first-order valence-corrected chi connectivity index (χ1v) is 6.61. The topological polar surface area (TPSA) is 98.8 Å². The lowest BCUT2D eigenvalue weighted by atomic mass is 10.1. The van der Waals surface area contributed by atoms with Crippen molar-refractivity contribution in [3.8, 4) is 6.07 Å². The molecule has 1 amide bonds. The molecule has 6 nitrogen and oxygen atoms in total. The van der Waals surface area contributed by atoms with Crippen molar-refractivity contribution in [1.29, 1.82) is 5.26 Å². The predicted octanol–water partition coefficient (Wildman–Crippen LogP) is 1.49. The summed E-state index contributed by atoms with van der Waals surface area (Å²) in [6.45, 7) is 4.61. The molecular formula is C13H19N5O. The molecule has 19 heavy (non-hydrogen) atoms. The number of rotatable bonds is 5.